The third-order valence-corrected chi connectivity index (χ3v) is 3.19. The van der Waals surface area contributed by atoms with Crippen molar-refractivity contribution < 1.29 is 0 Å². The normalized spacial score (nSPS) is 12.8. The SMILES string of the molecule is Cc1ccc(SCCCC(C)N)cc1. The summed E-state index contributed by atoms with van der Waals surface area (Å²) in [6.45, 7) is 4.18. The fraction of sp³-hybridized carbons (Fsp3) is 0.500. The van der Waals surface area contributed by atoms with E-state index < -0.39 is 0 Å². The Morgan fingerprint density at radius 1 is 1.29 bits per heavy atom. The second-order valence-corrected chi connectivity index (χ2v) is 4.95. The zero-order valence-electron chi connectivity index (χ0n) is 8.99. The van der Waals surface area contributed by atoms with Gasteiger partial charge in [0.2, 0.25) is 0 Å². The van der Waals surface area contributed by atoms with Gasteiger partial charge in [0.05, 0.1) is 0 Å². The number of rotatable bonds is 5. The molecular formula is C12H19NS. The highest BCUT2D eigenvalue weighted by molar-refractivity contribution is 7.99. The second-order valence-electron chi connectivity index (χ2n) is 3.78. The Hall–Kier alpha value is -0.470. The lowest BCUT2D eigenvalue weighted by molar-refractivity contribution is 0.656. The van der Waals surface area contributed by atoms with Crippen molar-refractivity contribution in [2.45, 2.75) is 37.6 Å². The molecule has 1 aromatic rings. The molecule has 0 aliphatic rings. The van der Waals surface area contributed by atoms with E-state index in [-0.39, 0.29) is 0 Å². The Kier molecular flexibility index (Phi) is 5.05. The number of nitrogens with two attached hydrogens (primary N) is 1. The van der Waals surface area contributed by atoms with E-state index in [0.29, 0.717) is 6.04 Å². The third-order valence-electron chi connectivity index (χ3n) is 2.09. The lowest BCUT2D eigenvalue weighted by Gasteiger charge is -2.04. The molecule has 0 saturated heterocycles. The summed E-state index contributed by atoms with van der Waals surface area (Å²) < 4.78 is 0. The minimum atomic E-state index is 0.341. The van der Waals surface area contributed by atoms with Crippen LogP contribution in [0.5, 0.6) is 0 Å². The summed E-state index contributed by atoms with van der Waals surface area (Å²) in [6, 6.07) is 9.04. The average molecular weight is 209 g/mol. The van der Waals surface area contributed by atoms with E-state index in [1.54, 1.807) is 0 Å². The van der Waals surface area contributed by atoms with Gasteiger partial charge in [-0.15, -0.1) is 11.8 Å². The predicted octanol–water partition coefficient (Wildman–Crippen LogP) is 3.21. The molecule has 2 heteroatoms. The van der Waals surface area contributed by atoms with Crippen molar-refractivity contribution in [1.82, 2.24) is 0 Å². The van der Waals surface area contributed by atoms with Gasteiger partial charge in [0.1, 0.15) is 0 Å². The molecule has 14 heavy (non-hydrogen) atoms. The maximum absolute atomic E-state index is 5.68. The summed E-state index contributed by atoms with van der Waals surface area (Å²) in [5.41, 5.74) is 7.01. The highest BCUT2D eigenvalue weighted by Crippen LogP contribution is 2.19. The first-order chi connectivity index (χ1) is 6.68. The van der Waals surface area contributed by atoms with Crippen LogP contribution in [0.15, 0.2) is 29.2 Å². The van der Waals surface area contributed by atoms with Gasteiger partial charge in [-0.1, -0.05) is 17.7 Å². The van der Waals surface area contributed by atoms with Crippen molar-refractivity contribution in [3.63, 3.8) is 0 Å². The maximum atomic E-state index is 5.68. The number of hydrogen-bond acceptors (Lipinski definition) is 2. The zero-order valence-corrected chi connectivity index (χ0v) is 9.81. The minimum absolute atomic E-state index is 0.341. The van der Waals surface area contributed by atoms with Crippen LogP contribution in [0.4, 0.5) is 0 Å². The van der Waals surface area contributed by atoms with Crippen molar-refractivity contribution in [2.24, 2.45) is 5.73 Å². The fourth-order valence-corrected chi connectivity index (χ4v) is 2.11. The van der Waals surface area contributed by atoms with Gasteiger partial charge < -0.3 is 5.73 Å². The molecule has 0 aromatic heterocycles. The van der Waals surface area contributed by atoms with E-state index in [0.717, 1.165) is 6.42 Å². The molecule has 0 aliphatic heterocycles. The van der Waals surface area contributed by atoms with E-state index in [1.165, 1.54) is 22.6 Å². The first kappa shape index (κ1) is 11.6. The van der Waals surface area contributed by atoms with Crippen LogP contribution in [0.3, 0.4) is 0 Å². The quantitative estimate of drug-likeness (QED) is 0.595. The first-order valence-corrected chi connectivity index (χ1v) is 6.12. The molecule has 2 N–H and O–H groups in total. The topological polar surface area (TPSA) is 26.0 Å². The van der Waals surface area contributed by atoms with Gasteiger partial charge in [-0.25, -0.2) is 0 Å². The van der Waals surface area contributed by atoms with Crippen molar-refractivity contribution in [3.05, 3.63) is 29.8 Å². The molecule has 0 fully saturated rings. The van der Waals surface area contributed by atoms with Gasteiger partial charge in [-0.2, -0.15) is 0 Å². The second kappa shape index (κ2) is 6.10. The van der Waals surface area contributed by atoms with Gasteiger partial charge in [0.25, 0.3) is 0 Å². The molecule has 1 unspecified atom stereocenters. The Labute approximate surface area is 91.1 Å². The molecule has 1 aromatic carbocycles. The number of aryl methyl sites for hydroxylation is 1. The van der Waals surface area contributed by atoms with Gasteiger partial charge in [-0.3, -0.25) is 0 Å². The Morgan fingerprint density at radius 3 is 2.50 bits per heavy atom. The van der Waals surface area contributed by atoms with Gasteiger partial charge in [0.15, 0.2) is 0 Å². The van der Waals surface area contributed by atoms with E-state index in [1.807, 2.05) is 11.8 Å². The molecule has 1 nitrogen and oxygen atoms in total. The molecule has 78 valence electrons. The maximum Gasteiger partial charge on any atom is 0.00721 e. The molecular weight excluding hydrogens is 190 g/mol. The van der Waals surface area contributed by atoms with Crippen LogP contribution in [0.25, 0.3) is 0 Å². The molecule has 0 saturated carbocycles. The van der Waals surface area contributed by atoms with Crippen LogP contribution < -0.4 is 5.73 Å². The van der Waals surface area contributed by atoms with Crippen molar-refractivity contribution >= 4 is 11.8 Å². The molecule has 0 aliphatic carbocycles. The van der Waals surface area contributed by atoms with E-state index in [2.05, 4.69) is 38.1 Å². The number of benzene rings is 1. The molecule has 0 spiro atoms. The van der Waals surface area contributed by atoms with Crippen LogP contribution in [0, 0.1) is 6.92 Å². The zero-order chi connectivity index (χ0) is 10.4. The van der Waals surface area contributed by atoms with Gasteiger partial charge in [-0.05, 0) is 44.6 Å². The highest BCUT2D eigenvalue weighted by Gasteiger charge is 1.96. The molecule has 0 amide bonds. The van der Waals surface area contributed by atoms with Crippen molar-refractivity contribution in [2.75, 3.05) is 5.75 Å². The van der Waals surface area contributed by atoms with Crippen LogP contribution >= 0.6 is 11.8 Å². The predicted molar refractivity (Wildman–Crippen MR) is 64.8 cm³/mol. The fourth-order valence-electron chi connectivity index (χ4n) is 1.23. The molecule has 0 heterocycles. The van der Waals surface area contributed by atoms with E-state index >= 15 is 0 Å². The Bertz CT molecular complexity index is 254. The van der Waals surface area contributed by atoms with E-state index in [4.69, 9.17) is 5.73 Å². The molecule has 0 bridgehead atoms. The minimum Gasteiger partial charge on any atom is -0.328 e. The van der Waals surface area contributed by atoms with Crippen molar-refractivity contribution in [3.8, 4) is 0 Å². The summed E-state index contributed by atoms with van der Waals surface area (Å²) in [5.74, 6) is 1.17. The smallest absolute Gasteiger partial charge is 0.00721 e. The van der Waals surface area contributed by atoms with Crippen LogP contribution in [0.1, 0.15) is 25.3 Å². The largest absolute Gasteiger partial charge is 0.328 e. The third kappa shape index (κ3) is 4.68. The highest BCUT2D eigenvalue weighted by atomic mass is 32.2. The average Bonchev–Trinajstić information content (AvgIpc) is 2.15. The summed E-state index contributed by atoms with van der Waals surface area (Å²) in [5, 5.41) is 0. The standard InChI is InChI=1S/C12H19NS/c1-10-5-7-12(8-6-10)14-9-3-4-11(2)13/h5-8,11H,3-4,9,13H2,1-2H3. The van der Waals surface area contributed by atoms with Crippen LogP contribution in [-0.2, 0) is 0 Å². The van der Waals surface area contributed by atoms with E-state index in [9.17, 15) is 0 Å². The monoisotopic (exact) mass is 209 g/mol. The van der Waals surface area contributed by atoms with Gasteiger partial charge in [0, 0.05) is 10.9 Å². The molecule has 1 atom stereocenters. The van der Waals surface area contributed by atoms with Gasteiger partial charge >= 0.3 is 0 Å². The summed E-state index contributed by atoms with van der Waals surface area (Å²) >= 11 is 1.92. The summed E-state index contributed by atoms with van der Waals surface area (Å²) in [6.07, 6.45) is 2.33. The number of thioether (sulfide) groups is 1. The first-order valence-electron chi connectivity index (χ1n) is 5.13. The summed E-state index contributed by atoms with van der Waals surface area (Å²) in [7, 11) is 0. The lowest BCUT2D eigenvalue weighted by atomic mass is 10.2. The Balaban J connectivity index is 2.21. The van der Waals surface area contributed by atoms with Crippen LogP contribution in [-0.4, -0.2) is 11.8 Å². The number of hydrogen-bond donors (Lipinski definition) is 1. The molecule has 1 rings (SSSR count). The van der Waals surface area contributed by atoms with Crippen LogP contribution in [0.2, 0.25) is 0 Å². The lowest BCUT2D eigenvalue weighted by Crippen LogP contribution is -2.14. The molecule has 0 radical (unpaired) electrons. The summed E-state index contributed by atoms with van der Waals surface area (Å²) in [4.78, 5) is 1.36. The Morgan fingerprint density at radius 2 is 1.93 bits per heavy atom. The van der Waals surface area contributed by atoms with Crippen molar-refractivity contribution in [1.29, 1.82) is 0 Å².